The number of piperidine rings is 1. The number of nitrogens with zero attached hydrogens (tertiary/aromatic N) is 2. The van der Waals surface area contributed by atoms with Crippen LogP contribution in [0.5, 0.6) is 0 Å². The second-order valence-corrected chi connectivity index (χ2v) is 9.45. The molecule has 3 unspecified atom stereocenters. The number of amides is 1. The molecule has 1 aliphatic carbocycles. The summed E-state index contributed by atoms with van der Waals surface area (Å²) < 4.78 is 7.26. The Kier molecular flexibility index (Phi) is 5.91. The maximum absolute atomic E-state index is 13.2. The Balaban J connectivity index is 1.54. The highest BCUT2D eigenvalue weighted by molar-refractivity contribution is 9.10. The van der Waals surface area contributed by atoms with E-state index in [1.807, 2.05) is 36.2 Å². The molecule has 0 N–H and O–H groups in total. The molecule has 4 rings (SSSR count). The molecule has 3 fully saturated rings. The van der Waals surface area contributed by atoms with Gasteiger partial charge in [0, 0.05) is 35.8 Å². The Morgan fingerprint density at radius 3 is 2.56 bits per heavy atom. The van der Waals surface area contributed by atoms with Crippen molar-refractivity contribution in [3.05, 3.63) is 34.3 Å². The third-order valence-corrected chi connectivity index (χ3v) is 7.40. The molecule has 0 bridgehead atoms. The van der Waals surface area contributed by atoms with E-state index in [2.05, 4.69) is 20.8 Å². The van der Waals surface area contributed by atoms with Gasteiger partial charge in [-0.3, -0.25) is 9.69 Å². The van der Waals surface area contributed by atoms with Crippen LogP contribution in [0.2, 0.25) is 0 Å². The van der Waals surface area contributed by atoms with Crippen molar-refractivity contribution in [3.63, 3.8) is 0 Å². The normalized spacial score (nSPS) is 31.9. The summed E-state index contributed by atoms with van der Waals surface area (Å²) in [5.41, 5.74) is 0.843. The summed E-state index contributed by atoms with van der Waals surface area (Å²) in [5, 5.41) is 0. The third kappa shape index (κ3) is 4.10. The second-order valence-electron chi connectivity index (χ2n) is 8.53. The van der Waals surface area contributed by atoms with Gasteiger partial charge in [-0.15, -0.1) is 0 Å². The van der Waals surface area contributed by atoms with Crippen molar-refractivity contribution in [1.29, 1.82) is 0 Å². The van der Waals surface area contributed by atoms with Crippen LogP contribution in [0.3, 0.4) is 0 Å². The van der Waals surface area contributed by atoms with Gasteiger partial charge in [-0.2, -0.15) is 0 Å². The van der Waals surface area contributed by atoms with Gasteiger partial charge in [-0.25, -0.2) is 0 Å². The van der Waals surface area contributed by atoms with Crippen LogP contribution >= 0.6 is 15.9 Å². The van der Waals surface area contributed by atoms with Crippen molar-refractivity contribution in [1.82, 2.24) is 9.80 Å². The number of likely N-dealkylation sites (tertiary alicyclic amines) is 1. The van der Waals surface area contributed by atoms with E-state index in [-0.39, 0.29) is 17.6 Å². The smallest absolute Gasteiger partial charge is 0.253 e. The van der Waals surface area contributed by atoms with Crippen LogP contribution in [-0.2, 0) is 4.74 Å². The van der Waals surface area contributed by atoms with Crippen LogP contribution in [0, 0.1) is 0 Å². The molecule has 3 atom stereocenters. The number of ether oxygens (including phenoxy) is 1. The molecule has 0 radical (unpaired) electrons. The van der Waals surface area contributed by atoms with Crippen LogP contribution in [0.1, 0.15) is 61.7 Å². The zero-order chi connectivity index (χ0) is 18.9. The maximum atomic E-state index is 13.2. The highest BCUT2D eigenvalue weighted by Crippen LogP contribution is 2.43. The summed E-state index contributed by atoms with van der Waals surface area (Å²) in [7, 11) is 2.00. The van der Waals surface area contributed by atoms with Crippen molar-refractivity contribution < 1.29 is 9.53 Å². The third-order valence-electron chi connectivity index (χ3n) is 6.87. The van der Waals surface area contributed by atoms with Crippen molar-refractivity contribution in [3.8, 4) is 0 Å². The number of likely N-dealkylation sites (N-methyl/N-ethyl adjacent to an activating group) is 1. The number of benzene rings is 1. The molecule has 2 heterocycles. The molecule has 1 aromatic carbocycles. The lowest BCUT2D eigenvalue weighted by atomic mass is 9.75. The predicted molar refractivity (Wildman–Crippen MR) is 111 cm³/mol. The maximum Gasteiger partial charge on any atom is 0.253 e. The Bertz CT molecular complexity index is 651. The van der Waals surface area contributed by atoms with Gasteiger partial charge < -0.3 is 9.64 Å². The first-order chi connectivity index (χ1) is 13.1. The van der Waals surface area contributed by atoms with E-state index in [0.717, 1.165) is 49.0 Å². The van der Waals surface area contributed by atoms with Crippen LogP contribution in [0.25, 0.3) is 0 Å². The Morgan fingerprint density at radius 2 is 1.89 bits per heavy atom. The minimum Gasteiger partial charge on any atom is -0.375 e. The zero-order valence-electron chi connectivity index (χ0n) is 16.3. The van der Waals surface area contributed by atoms with Crippen LogP contribution in [0.15, 0.2) is 28.7 Å². The van der Waals surface area contributed by atoms with Crippen LogP contribution in [0.4, 0.5) is 0 Å². The highest BCUT2D eigenvalue weighted by Gasteiger charge is 2.47. The second kappa shape index (κ2) is 8.22. The summed E-state index contributed by atoms with van der Waals surface area (Å²) in [5.74, 6) is 0.137. The lowest BCUT2D eigenvalue weighted by Gasteiger charge is -2.50. The molecule has 27 heavy (non-hydrogen) atoms. The standard InChI is InChI=1S/C22H31BrN2O2/c1-24(21(26)17-6-8-18(23)9-7-17)19-10-12-22(11-5-15-27-22)16-20(19)25-13-3-2-4-14-25/h6-9,19-20H,2-5,10-16H2,1H3. The molecule has 0 aromatic heterocycles. The van der Waals surface area contributed by atoms with Crippen LogP contribution < -0.4 is 0 Å². The minimum atomic E-state index is 0.0696. The summed E-state index contributed by atoms with van der Waals surface area (Å²) in [6.07, 6.45) is 9.47. The Labute approximate surface area is 171 Å². The summed E-state index contributed by atoms with van der Waals surface area (Å²) in [6.45, 7) is 3.24. The number of hydrogen-bond acceptors (Lipinski definition) is 3. The Morgan fingerprint density at radius 1 is 1.15 bits per heavy atom. The van der Waals surface area contributed by atoms with Gasteiger partial charge in [-0.1, -0.05) is 22.4 Å². The van der Waals surface area contributed by atoms with Gasteiger partial charge in [0.05, 0.1) is 5.60 Å². The lowest BCUT2D eigenvalue weighted by Crippen LogP contribution is -2.59. The monoisotopic (exact) mass is 434 g/mol. The number of rotatable bonds is 3. The van der Waals surface area contributed by atoms with E-state index < -0.39 is 0 Å². The molecule has 5 heteroatoms. The minimum absolute atomic E-state index is 0.0696. The van der Waals surface area contributed by atoms with E-state index in [9.17, 15) is 4.79 Å². The summed E-state index contributed by atoms with van der Waals surface area (Å²) >= 11 is 3.46. The summed E-state index contributed by atoms with van der Waals surface area (Å²) in [6, 6.07) is 8.43. The first kappa shape index (κ1) is 19.4. The fraction of sp³-hybridized carbons (Fsp3) is 0.682. The molecular formula is C22H31BrN2O2. The lowest BCUT2D eigenvalue weighted by molar-refractivity contribution is -0.0745. The average molecular weight is 435 g/mol. The molecule has 1 spiro atoms. The van der Waals surface area contributed by atoms with Gasteiger partial charge in [0.2, 0.25) is 0 Å². The van der Waals surface area contributed by atoms with Gasteiger partial charge in [0.25, 0.3) is 5.91 Å². The molecule has 4 nitrogen and oxygen atoms in total. The molecule has 1 amide bonds. The van der Waals surface area contributed by atoms with Gasteiger partial charge in [-0.05, 0) is 82.3 Å². The molecule has 2 aliphatic heterocycles. The Hall–Kier alpha value is -0.910. The van der Waals surface area contributed by atoms with E-state index in [1.54, 1.807) is 0 Å². The molecule has 1 saturated carbocycles. The molecule has 1 aromatic rings. The van der Waals surface area contributed by atoms with Crippen molar-refractivity contribution >= 4 is 21.8 Å². The number of halogens is 1. The van der Waals surface area contributed by atoms with Crippen LogP contribution in [-0.4, -0.2) is 60.1 Å². The molecule has 3 aliphatic rings. The van der Waals surface area contributed by atoms with Gasteiger partial charge in [0.15, 0.2) is 0 Å². The fourth-order valence-corrected chi connectivity index (χ4v) is 5.62. The topological polar surface area (TPSA) is 32.8 Å². The number of carbonyl (C=O) groups excluding carboxylic acids is 1. The number of carbonyl (C=O) groups is 1. The quantitative estimate of drug-likeness (QED) is 0.702. The summed E-state index contributed by atoms with van der Waals surface area (Å²) in [4.78, 5) is 17.8. The first-order valence-electron chi connectivity index (χ1n) is 10.5. The molecule has 2 saturated heterocycles. The predicted octanol–water partition coefficient (Wildman–Crippen LogP) is 4.48. The molecule has 148 valence electrons. The SMILES string of the molecule is CN(C(=O)c1ccc(Br)cc1)C1CCC2(CCCO2)CC1N1CCCCC1. The van der Waals surface area contributed by atoms with E-state index in [4.69, 9.17) is 4.74 Å². The van der Waals surface area contributed by atoms with E-state index in [0.29, 0.717) is 6.04 Å². The van der Waals surface area contributed by atoms with E-state index >= 15 is 0 Å². The first-order valence-corrected chi connectivity index (χ1v) is 11.3. The van der Waals surface area contributed by atoms with E-state index in [1.165, 1.54) is 32.1 Å². The van der Waals surface area contributed by atoms with Crippen molar-refractivity contribution in [2.45, 2.75) is 69.1 Å². The largest absolute Gasteiger partial charge is 0.375 e. The van der Waals surface area contributed by atoms with Gasteiger partial charge in [0.1, 0.15) is 0 Å². The van der Waals surface area contributed by atoms with Crippen molar-refractivity contribution in [2.75, 3.05) is 26.7 Å². The number of hydrogen-bond donors (Lipinski definition) is 0. The average Bonchev–Trinajstić information content (AvgIpc) is 3.16. The van der Waals surface area contributed by atoms with Gasteiger partial charge >= 0.3 is 0 Å². The zero-order valence-corrected chi connectivity index (χ0v) is 17.9. The fourth-order valence-electron chi connectivity index (χ4n) is 5.36. The van der Waals surface area contributed by atoms with Crippen molar-refractivity contribution in [2.24, 2.45) is 0 Å². The highest BCUT2D eigenvalue weighted by atomic mass is 79.9. The molecular weight excluding hydrogens is 404 g/mol.